The summed E-state index contributed by atoms with van der Waals surface area (Å²) in [6, 6.07) is 10.2. The van der Waals surface area contributed by atoms with Gasteiger partial charge in [0, 0.05) is 13.1 Å². The molecule has 1 heterocycles. The van der Waals surface area contributed by atoms with E-state index in [0.717, 1.165) is 6.42 Å². The van der Waals surface area contributed by atoms with E-state index in [1.807, 2.05) is 50.8 Å². The molecule has 1 aliphatic rings. The number of ether oxygens (including phenoxy) is 1. The Morgan fingerprint density at radius 3 is 2.38 bits per heavy atom. The Labute approximate surface area is 176 Å². The Bertz CT molecular complexity index is 732. The van der Waals surface area contributed by atoms with Gasteiger partial charge in [-0.2, -0.15) is 0 Å². The molecule has 1 aromatic carbocycles. The number of esters is 1. The minimum atomic E-state index is -0.765. The molecule has 4 heteroatoms. The molecule has 160 valence electrons. The average molecular weight is 400 g/mol. The summed E-state index contributed by atoms with van der Waals surface area (Å²) in [7, 11) is 0. The number of hydrogen-bond donors (Lipinski definition) is 0. The molecule has 2 rings (SSSR count). The largest absolute Gasteiger partial charge is 0.459 e. The lowest BCUT2D eigenvalue weighted by atomic mass is 9.66. The quantitative estimate of drug-likeness (QED) is 0.455. The number of amides is 1. The van der Waals surface area contributed by atoms with Gasteiger partial charge >= 0.3 is 5.97 Å². The van der Waals surface area contributed by atoms with Crippen LogP contribution in [0.25, 0.3) is 0 Å². The highest BCUT2D eigenvalue weighted by Gasteiger charge is 2.55. The molecule has 4 nitrogen and oxygen atoms in total. The predicted octanol–water partition coefficient (Wildman–Crippen LogP) is 5.03. The zero-order valence-corrected chi connectivity index (χ0v) is 19.0. The molecule has 0 spiro atoms. The summed E-state index contributed by atoms with van der Waals surface area (Å²) in [5.41, 5.74) is 0.556. The van der Waals surface area contributed by atoms with E-state index in [-0.39, 0.29) is 17.8 Å². The number of nitrogens with zero attached hydrogens (tertiary/aromatic N) is 1. The number of carbonyl (C=O) groups excluding carboxylic acids is 2. The SMILES string of the molecule is C=C(C)C(C(=O)OC(C)(C)C)C1(CC(C)C)CCN(CCc2ccccc2)C1=O. The van der Waals surface area contributed by atoms with Crippen LogP contribution < -0.4 is 0 Å². The first-order valence-electron chi connectivity index (χ1n) is 10.7. The normalized spacial score (nSPS) is 20.8. The summed E-state index contributed by atoms with van der Waals surface area (Å²) >= 11 is 0. The number of rotatable bonds is 8. The number of hydrogen-bond acceptors (Lipinski definition) is 3. The van der Waals surface area contributed by atoms with Crippen LogP contribution in [-0.2, 0) is 20.7 Å². The van der Waals surface area contributed by atoms with E-state index in [1.54, 1.807) is 0 Å². The van der Waals surface area contributed by atoms with Crippen LogP contribution in [-0.4, -0.2) is 35.5 Å². The second-order valence-electron chi connectivity index (χ2n) is 9.84. The average Bonchev–Trinajstić information content (AvgIpc) is 2.88. The molecule has 1 fully saturated rings. The molecule has 0 aliphatic carbocycles. The summed E-state index contributed by atoms with van der Waals surface area (Å²) in [6.07, 6.45) is 2.13. The molecule has 0 radical (unpaired) electrons. The number of benzene rings is 1. The van der Waals surface area contributed by atoms with Gasteiger partial charge in [-0.15, -0.1) is 0 Å². The maximum Gasteiger partial charge on any atom is 0.314 e. The Balaban J connectivity index is 2.29. The molecule has 0 saturated carbocycles. The lowest BCUT2D eigenvalue weighted by Crippen LogP contribution is -2.46. The van der Waals surface area contributed by atoms with Crippen LogP contribution in [0.4, 0.5) is 0 Å². The standard InChI is InChI=1S/C25H37NO3/c1-18(2)17-25(21(19(3)4)22(27)29-24(5,6)7)14-16-26(23(25)28)15-13-20-11-9-8-10-12-20/h8-12,18,21H,3,13-17H2,1-2,4-7H3. The Morgan fingerprint density at radius 2 is 1.86 bits per heavy atom. The summed E-state index contributed by atoms with van der Waals surface area (Å²) in [6.45, 7) is 17.1. The van der Waals surface area contributed by atoms with Crippen molar-refractivity contribution in [1.29, 1.82) is 0 Å². The third-order valence-corrected chi connectivity index (χ3v) is 5.51. The Kier molecular flexibility index (Phi) is 7.31. The second kappa shape index (κ2) is 9.15. The van der Waals surface area contributed by atoms with Crippen LogP contribution >= 0.6 is 0 Å². The van der Waals surface area contributed by atoms with Crippen LogP contribution in [0.1, 0.15) is 59.9 Å². The molecule has 1 saturated heterocycles. The van der Waals surface area contributed by atoms with Gasteiger partial charge in [0.05, 0.1) is 11.3 Å². The minimum Gasteiger partial charge on any atom is -0.459 e. The van der Waals surface area contributed by atoms with Crippen molar-refractivity contribution in [2.24, 2.45) is 17.3 Å². The van der Waals surface area contributed by atoms with Gasteiger partial charge in [-0.05, 0) is 58.4 Å². The van der Waals surface area contributed by atoms with Crippen molar-refractivity contribution >= 4 is 11.9 Å². The number of carbonyl (C=O) groups is 2. The van der Waals surface area contributed by atoms with Crippen LogP contribution in [0.5, 0.6) is 0 Å². The van der Waals surface area contributed by atoms with Gasteiger partial charge in [0.25, 0.3) is 0 Å². The lowest BCUT2D eigenvalue weighted by Gasteiger charge is -2.37. The van der Waals surface area contributed by atoms with Gasteiger partial charge in [-0.3, -0.25) is 9.59 Å². The van der Waals surface area contributed by atoms with Crippen molar-refractivity contribution in [1.82, 2.24) is 4.90 Å². The van der Waals surface area contributed by atoms with E-state index in [1.165, 1.54) is 5.56 Å². The van der Waals surface area contributed by atoms with Gasteiger partial charge in [0.2, 0.25) is 5.91 Å². The molecule has 1 aliphatic heterocycles. The third-order valence-electron chi connectivity index (χ3n) is 5.51. The fourth-order valence-corrected chi connectivity index (χ4v) is 4.54. The Hall–Kier alpha value is -2.10. The monoisotopic (exact) mass is 399 g/mol. The molecule has 0 aromatic heterocycles. The maximum atomic E-state index is 13.7. The van der Waals surface area contributed by atoms with Crippen molar-refractivity contribution in [3.05, 3.63) is 48.0 Å². The van der Waals surface area contributed by atoms with E-state index >= 15 is 0 Å². The molecule has 2 unspecified atom stereocenters. The molecule has 0 N–H and O–H groups in total. The van der Waals surface area contributed by atoms with Gasteiger partial charge in [0.1, 0.15) is 5.60 Å². The third kappa shape index (κ3) is 5.71. The van der Waals surface area contributed by atoms with Crippen molar-refractivity contribution in [2.45, 2.75) is 66.4 Å². The summed E-state index contributed by atoms with van der Waals surface area (Å²) in [5, 5.41) is 0. The molecular weight excluding hydrogens is 362 g/mol. The van der Waals surface area contributed by atoms with Crippen LogP contribution in [0.15, 0.2) is 42.5 Å². The second-order valence-corrected chi connectivity index (χ2v) is 9.84. The summed E-state index contributed by atoms with van der Waals surface area (Å²) < 4.78 is 5.72. The molecular formula is C25H37NO3. The van der Waals surface area contributed by atoms with Crippen molar-refractivity contribution in [3.8, 4) is 0 Å². The van der Waals surface area contributed by atoms with Gasteiger partial charge in [-0.1, -0.05) is 56.3 Å². The molecule has 1 amide bonds. The van der Waals surface area contributed by atoms with Crippen LogP contribution in [0, 0.1) is 17.3 Å². The molecule has 2 atom stereocenters. The highest BCUT2D eigenvalue weighted by molar-refractivity contribution is 5.92. The first-order chi connectivity index (χ1) is 13.5. The first-order valence-corrected chi connectivity index (χ1v) is 10.7. The summed E-state index contributed by atoms with van der Waals surface area (Å²) in [4.78, 5) is 28.8. The van der Waals surface area contributed by atoms with Crippen LogP contribution in [0.2, 0.25) is 0 Å². The van der Waals surface area contributed by atoms with E-state index < -0.39 is 16.9 Å². The molecule has 0 bridgehead atoms. The zero-order chi connectivity index (χ0) is 21.8. The van der Waals surface area contributed by atoms with Crippen molar-refractivity contribution in [3.63, 3.8) is 0 Å². The fourth-order valence-electron chi connectivity index (χ4n) is 4.54. The summed E-state index contributed by atoms with van der Waals surface area (Å²) in [5.74, 6) is -0.583. The van der Waals surface area contributed by atoms with Crippen molar-refractivity contribution < 1.29 is 14.3 Å². The molecule has 29 heavy (non-hydrogen) atoms. The smallest absolute Gasteiger partial charge is 0.314 e. The predicted molar refractivity (Wildman–Crippen MR) is 117 cm³/mol. The van der Waals surface area contributed by atoms with Gasteiger partial charge in [0.15, 0.2) is 0 Å². The topological polar surface area (TPSA) is 46.6 Å². The minimum absolute atomic E-state index is 0.0704. The van der Waals surface area contributed by atoms with Gasteiger partial charge in [-0.25, -0.2) is 0 Å². The van der Waals surface area contributed by atoms with E-state index in [9.17, 15) is 9.59 Å². The van der Waals surface area contributed by atoms with E-state index in [0.29, 0.717) is 31.5 Å². The fraction of sp³-hybridized carbons (Fsp3) is 0.600. The highest BCUT2D eigenvalue weighted by Crippen LogP contribution is 2.48. The van der Waals surface area contributed by atoms with Gasteiger partial charge < -0.3 is 9.64 Å². The lowest BCUT2D eigenvalue weighted by molar-refractivity contribution is -0.166. The van der Waals surface area contributed by atoms with E-state index in [2.05, 4.69) is 32.6 Å². The van der Waals surface area contributed by atoms with E-state index in [4.69, 9.17) is 4.74 Å². The highest BCUT2D eigenvalue weighted by atomic mass is 16.6. The maximum absolute atomic E-state index is 13.7. The van der Waals surface area contributed by atoms with Crippen molar-refractivity contribution in [2.75, 3.05) is 13.1 Å². The number of likely N-dealkylation sites (tertiary alicyclic amines) is 1. The zero-order valence-electron chi connectivity index (χ0n) is 19.0. The first kappa shape index (κ1) is 23.2. The molecule has 1 aromatic rings. The Morgan fingerprint density at radius 1 is 1.24 bits per heavy atom. The van der Waals surface area contributed by atoms with Crippen LogP contribution in [0.3, 0.4) is 0 Å².